The lowest BCUT2D eigenvalue weighted by molar-refractivity contribution is 0.167. The number of ether oxygens (including phenoxy) is 1. The van der Waals surface area contributed by atoms with E-state index < -0.39 is 0 Å². The van der Waals surface area contributed by atoms with E-state index in [0.717, 1.165) is 24.2 Å². The minimum absolute atomic E-state index is 0.368. The van der Waals surface area contributed by atoms with Gasteiger partial charge in [0.15, 0.2) is 0 Å². The Morgan fingerprint density at radius 1 is 1.21 bits per heavy atom. The number of aliphatic hydroxyl groups is 1. The topological polar surface area (TPSA) is 29.5 Å². The molecule has 0 amide bonds. The molecule has 1 atom stereocenters. The van der Waals surface area contributed by atoms with Gasteiger partial charge in [0.2, 0.25) is 0 Å². The first-order valence-corrected chi connectivity index (χ1v) is 7.29. The summed E-state index contributed by atoms with van der Waals surface area (Å²) in [5.41, 5.74) is 2.31. The molecule has 1 heterocycles. The first kappa shape index (κ1) is 14.1. The third kappa shape index (κ3) is 3.58. The van der Waals surface area contributed by atoms with Crippen LogP contribution < -0.4 is 4.74 Å². The maximum Gasteiger partial charge on any atom is 0.118 e. The number of thiophene rings is 1. The third-order valence-electron chi connectivity index (χ3n) is 3.30. The van der Waals surface area contributed by atoms with E-state index in [1.165, 1.54) is 15.3 Å². The summed E-state index contributed by atoms with van der Waals surface area (Å²) in [6.45, 7) is 4.15. The van der Waals surface area contributed by atoms with Gasteiger partial charge in [-0.1, -0.05) is 12.1 Å². The molecule has 1 aromatic heterocycles. The van der Waals surface area contributed by atoms with Crippen molar-refractivity contribution in [3.63, 3.8) is 0 Å². The number of aryl methyl sites for hydroxylation is 3. The second-order valence-electron chi connectivity index (χ2n) is 4.77. The van der Waals surface area contributed by atoms with Gasteiger partial charge in [-0.15, -0.1) is 11.3 Å². The highest BCUT2D eigenvalue weighted by Gasteiger charge is 2.12. The average molecular weight is 276 g/mol. The summed E-state index contributed by atoms with van der Waals surface area (Å²) in [4.78, 5) is 2.48. The molecule has 3 heteroatoms. The third-order valence-corrected chi connectivity index (χ3v) is 4.29. The average Bonchev–Trinajstić information content (AvgIpc) is 2.75. The Morgan fingerprint density at radius 3 is 2.42 bits per heavy atom. The van der Waals surface area contributed by atoms with Crippen LogP contribution in [0.5, 0.6) is 5.75 Å². The lowest BCUT2D eigenvalue weighted by atomic mass is 10.0. The Morgan fingerprint density at radius 2 is 1.89 bits per heavy atom. The summed E-state index contributed by atoms with van der Waals surface area (Å²) >= 11 is 1.75. The minimum atomic E-state index is -0.368. The molecule has 1 unspecified atom stereocenters. The highest BCUT2D eigenvalue weighted by Crippen LogP contribution is 2.29. The lowest BCUT2D eigenvalue weighted by Crippen LogP contribution is -1.99. The molecule has 1 N–H and O–H groups in total. The zero-order chi connectivity index (χ0) is 13.8. The molecule has 0 saturated carbocycles. The van der Waals surface area contributed by atoms with E-state index in [-0.39, 0.29) is 6.10 Å². The molecule has 0 fully saturated rings. The van der Waals surface area contributed by atoms with E-state index in [0.29, 0.717) is 0 Å². The zero-order valence-corrected chi connectivity index (χ0v) is 12.5. The fourth-order valence-corrected chi connectivity index (χ4v) is 3.21. The van der Waals surface area contributed by atoms with Crippen molar-refractivity contribution in [2.75, 3.05) is 7.11 Å². The first-order chi connectivity index (χ1) is 9.10. The normalized spacial score (nSPS) is 12.4. The number of aliphatic hydroxyl groups excluding tert-OH is 1. The second kappa shape index (κ2) is 6.22. The molecule has 19 heavy (non-hydrogen) atoms. The molecular weight excluding hydrogens is 256 g/mol. The summed E-state index contributed by atoms with van der Waals surface area (Å²) in [5.74, 6) is 0.869. The number of benzene rings is 1. The van der Waals surface area contributed by atoms with Crippen LogP contribution in [0.2, 0.25) is 0 Å². The van der Waals surface area contributed by atoms with Crippen LogP contribution in [0.4, 0.5) is 0 Å². The molecule has 2 aromatic rings. The van der Waals surface area contributed by atoms with Crippen molar-refractivity contribution in [2.24, 2.45) is 0 Å². The Labute approximate surface area is 118 Å². The van der Waals surface area contributed by atoms with Gasteiger partial charge in [0.25, 0.3) is 0 Å². The van der Waals surface area contributed by atoms with Crippen LogP contribution in [0, 0.1) is 13.8 Å². The molecule has 0 spiro atoms. The van der Waals surface area contributed by atoms with Gasteiger partial charge in [-0.3, -0.25) is 0 Å². The van der Waals surface area contributed by atoms with Crippen LogP contribution in [-0.4, -0.2) is 12.2 Å². The van der Waals surface area contributed by atoms with Crippen molar-refractivity contribution in [1.82, 2.24) is 0 Å². The van der Waals surface area contributed by atoms with Gasteiger partial charge < -0.3 is 9.84 Å². The summed E-state index contributed by atoms with van der Waals surface area (Å²) in [7, 11) is 1.67. The Balaban J connectivity index is 1.96. The maximum absolute atomic E-state index is 10.3. The Kier molecular flexibility index (Phi) is 4.61. The highest BCUT2D eigenvalue weighted by atomic mass is 32.1. The molecule has 2 rings (SSSR count). The summed E-state index contributed by atoms with van der Waals surface area (Å²) in [6.07, 6.45) is 1.26. The van der Waals surface area contributed by atoms with E-state index >= 15 is 0 Å². The van der Waals surface area contributed by atoms with Crippen molar-refractivity contribution in [3.05, 3.63) is 51.2 Å². The summed E-state index contributed by atoms with van der Waals surface area (Å²) < 4.78 is 5.13. The number of hydrogen-bond donors (Lipinski definition) is 1. The second-order valence-corrected chi connectivity index (χ2v) is 6.23. The molecule has 102 valence electrons. The van der Waals surface area contributed by atoms with E-state index in [4.69, 9.17) is 4.74 Å². The zero-order valence-electron chi connectivity index (χ0n) is 11.6. The predicted molar refractivity (Wildman–Crippen MR) is 80.1 cm³/mol. The Hall–Kier alpha value is -1.32. The van der Waals surface area contributed by atoms with Gasteiger partial charge >= 0.3 is 0 Å². The molecule has 0 aliphatic rings. The van der Waals surface area contributed by atoms with E-state index in [2.05, 4.69) is 32.0 Å². The molecule has 1 aromatic carbocycles. The standard InChI is InChI=1S/C16H20O2S/c1-11-10-15(12(2)19-11)16(17)9-6-13-4-7-14(18-3)8-5-13/h4-5,7-8,10,16-17H,6,9H2,1-3H3. The SMILES string of the molecule is COc1ccc(CCC(O)c2cc(C)sc2C)cc1. The first-order valence-electron chi connectivity index (χ1n) is 6.48. The van der Waals surface area contributed by atoms with Crippen molar-refractivity contribution in [2.45, 2.75) is 32.8 Å². The van der Waals surface area contributed by atoms with Gasteiger partial charge in [-0.2, -0.15) is 0 Å². The molecular formula is C16H20O2S. The number of hydrogen-bond acceptors (Lipinski definition) is 3. The van der Waals surface area contributed by atoms with Gasteiger partial charge in [-0.05, 0) is 56.0 Å². The van der Waals surface area contributed by atoms with E-state index in [1.54, 1.807) is 18.4 Å². The van der Waals surface area contributed by atoms with Gasteiger partial charge in [0.1, 0.15) is 5.75 Å². The minimum Gasteiger partial charge on any atom is -0.497 e. The maximum atomic E-state index is 10.3. The smallest absolute Gasteiger partial charge is 0.118 e. The molecule has 0 saturated heterocycles. The van der Waals surface area contributed by atoms with Crippen LogP contribution in [0.15, 0.2) is 30.3 Å². The number of rotatable bonds is 5. The van der Waals surface area contributed by atoms with E-state index in [9.17, 15) is 5.11 Å². The van der Waals surface area contributed by atoms with Gasteiger partial charge in [0, 0.05) is 9.75 Å². The van der Waals surface area contributed by atoms with Crippen LogP contribution >= 0.6 is 11.3 Å². The summed E-state index contributed by atoms with van der Waals surface area (Å²) in [6, 6.07) is 10.1. The molecule has 2 nitrogen and oxygen atoms in total. The summed E-state index contributed by atoms with van der Waals surface area (Å²) in [5, 5.41) is 10.3. The van der Waals surface area contributed by atoms with Crippen LogP contribution in [0.3, 0.4) is 0 Å². The van der Waals surface area contributed by atoms with Crippen molar-refractivity contribution >= 4 is 11.3 Å². The molecule has 0 radical (unpaired) electrons. The van der Waals surface area contributed by atoms with Crippen molar-refractivity contribution in [3.8, 4) is 5.75 Å². The molecule has 0 aliphatic carbocycles. The largest absolute Gasteiger partial charge is 0.497 e. The lowest BCUT2D eigenvalue weighted by Gasteiger charge is -2.10. The molecule has 0 bridgehead atoms. The Bertz CT molecular complexity index is 528. The van der Waals surface area contributed by atoms with Crippen LogP contribution in [0.1, 0.15) is 33.4 Å². The van der Waals surface area contributed by atoms with Crippen molar-refractivity contribution < 1.29 is 9.84 Å². The van der Waals surface area contributed by atoms with Gasteiger partial charge in [0.05, 0.1) is 13.2 Å². The monoisotopic (exact) mass is 276 g/mol. The quantitative estimate of drug-likeness (QED) is 0.893. The fraction of sp³-hybridized carbons (Fsp3) is 0.375. The van der Waals surface area contributed by atoms with Gasteiger partial charge in [-0.25, -0.2) is 0 Å². The van der Waals surface area contributed by atoms with E-state index in [1.807, 2.05) is 12.1 Å². The molecule has 0 aliphatic heterocycles. The fourth-order valence-electron chi connectivity index (χ4n) is 2.23. The number of methoxy groups -OCH3 is 1. The predicted octanol–water partition coefficient (Wildman–Crippen LogP) is 4.04. The van der Waals surface area contributed by atoms with Crippen LogP contribution in [-0.2, 0) is 6.42 Å². The van der Waals surface area contributed by atoms with Crippen LogP contribution in [0.25, 0.3) is 0 Å². The highest BCUT2D eigenvalue weighted by molar-refractivity contribution is 7.12. The van der Waals surface area contributed by atoms with Crippen molar-refractivity contribution in [1.29, 1.82) is 0 Å².